The second kappa shape index (κ2) is 5.27. The molecule has 2 rings (SSSR count). The summed E-state index contributed by atoms with van der Waals surface area (Å²) in [4.78, 5) is 11.6. The van der Waals surface area contributed by atoms with Crippen molar-refractivity contribution in [3.8, 4) is 11.5 Å². The highest BCUT2D eigenvalue weighted by Gasteiger charge is 2.34. The molecule has 2 unspecified atom stereocenters. The third kappa shape index (κ3) is 2.13. The molecule has 2 atom stereocenters. The lowest BCUT2D eigenvalue weighted by molar-refractivity contribution is -0.150. The van der Waals surface area contributed by atoms with Gasteiger partial charge in [0.25, 0.3) is 0 Å². The largest absolute Gasteiger partial charge is 0.493 e. The van der Waals surface area contributed by atoms with Crippen molar-refractivity contribution in [1.82, 2.24) is 0 Å². The molecule has 1 aliphatic rings. The molecule has 98 valence electrons. The Labute approximate surface area is 105 Å². The molecule has 1 aliphatic heterocycles. The van der Waals surface area contributed by atoms with Gasteiger partial charge in [0.05, 0.1) is 32.8 Å². The van der Waals surface area contributed by atoms with Gasteiger partial charge in [-0.1, -0.05) is 12.1 Å². The minimum Gasteiger partial charge on any atom is -0.493 e. The number of carbonyl (C=O) groups is 1. The molecule has 5 nitrogen and oxygen atoms in total. The van der Waals surface area contributed by atoms with Crippen LogP contribution in [0.25, 0.3) is 0 Å². The number of hydrogen-bond acceptors (Lipinski definition) is 5. The van der Waals surface area contributed by atoms with Crippen LogP contribution in [0.3, 0.4) is 0 Å². The maximum atomic E-state index is 11.6. The number of fused-ring (bicyclic) bond motifs is 1. The molecule has 0 aromatic heterocycles. The number of para-hydroxylation sites is 1. The fourth-order valence-corrected chi connectivity index (χ4v) is 2.14. The van der Waals surface area contributed by atoms with Crippen molar-refractivity contribution >= 4 is 5.97 Å². The van der Waals surface area contributed by atoms with Crippen LogP contribution in [0.2, 0.25) is 0 Å². The highest BCUT2D eigenvalue weighted by Crippen LogP contribution is 2.40. The number of ether oxygens (including phenoxy) is 3. The fourth-order valence-electron chi connectivity index (χ4n) is 2.14. The molecular formula is C13H16O5. The van der Waals surface area contributed by atoms with Gasteiger partial charge in [-0.15, -0.1) is 0 Å². The molecule has 1 aromatic rings. The smallest absolute Gasteiger partial charge is 0.311 e. The van der Waals surface area contributed by atoms with Crippen LogP contribution in [0.5, 0.6) is 11.5 Å². The molecule has 0 fully saturated rings. The number of carbonyl (C=O) groups excluding carboxylic acids is 1. The fraction of sp³-hybridized carbons (Fsp3) is 0.462. The zero-order valence-corrected chi connectivity index (χ0v) is 10.4. The topological polar surface area (TPSA) is 65.0 Å². The van der Waals surface area contributed by atoms with E-state index in [4.69, 9.17) is 14.2 Å². The Hall–Kier alpha value is -1.75. The van der Waals surface area contributed by atoms with Crippen molar-refractivity contribution < 1.29 is 24.1 Å². The number of aliphatic hydroxyl groups is 1. The Kier molecular flexibility index (Phi) is 3.72. The number of benzene rings is 1. The average molecular weight is 252 g/mol. The van der Waals surface area contributed by atoms with E-state index in [0.29, 0.717) is 30.1 Å². The minimum absolute atomic E-state index is 0.338. The van der Waals surface area contributed by atoms with Crippen molar-refractivity contribution in [2.24, 2.45) is 5.92 Å². The van der Waals surface area contributed by atoms with E-state index in [2.05, 4.69) is 0 Å². The number of hydrogen-bond donors (Lipinski definition) is 1. The maximum Gasteiger partial charge on any atom is 0.311 e. The van der Waals surface area contributed by atoms with E-state index < -0.39 is 18.0 Å². The van der Waals surface area contributed by atoms with Crippen molar-refractivity contribution in [3.63, 3.8) is 0 Å². The quantitative estimate of drug-likeness (QED) is 0.804. The van der Waals surface area contributed by atoms with Crippen LogP contribution in [-0.4, -0.2) is 31.9 Å². The van der Waals surface area contributed by atoms with E-state index in [1.807, 2.05) is 0 Å². The normalized spacial score (nSPS) is 22.4. The number of methoxy groups -OCH3 is 2. The molecule has 0 saturated heterocycles. The van der Waals surface area contributed by atoms with Gasteiger partial charge < -0.3 is 19.3 Å². The summed E-state index contributed by atoms with van der Waals surface area (Å²) in [5.41, 5.74) is 0.558. The van der Waals surface area contributed by atoms with E-state index in [-0.39, 0.29) is 0 Å². The second-order valence-electron chi connectivity index (χ2n) is 4.09. The van der Waals surface area contributed by atoms with Crippen LogP contribution in [-0.2, 0) is 9.53 Å². The first-order valence-corrected chi connectivity index (χ1v) is 5.74. The zero-order chi connectivity index (χ0) is 13.1. The summed E-state index contributed by atoms with van der Waals surface area (Å²) in [6, 6.07) is 5.23. The molecule has 1 heterocycles. The highest BCUT2D eigenvalue weighted by molar-refractivity contribution is 5.73. The molecule has 1 aromatic carbocycles. The summed E-state index contributed by atoms with van der Waals surface area (Å²) in [6.45, 7) is 0.338. The summed E-state index contributed by atoms with van der Waals surface area (Å²) in [6.07, 6.45) is -0.531. The summed E-state index contributed by atoms with van der Waals surface area (Å²) in [5.74, 6) is 0.0149. The predicted molar refractivity (Wildman–Crippen MR) is 63.6 cm³/mol. The van der Waals surface area contributed by atoms with Gasteiger partial charge in [-0.25, -0.2) is 0 Å². The molecular weight excluding hydrogens is 236 g/mol. The van der Waals surface area contributed by atoms with Crippen molar-refractivity contribution in [3.05, 3.63) is 23.8 Å². The van der Waals surface area contributed by atoms with Gasteiger partial charge in [0, 0.05) is 5.56 Å². The molecule has 18 heavy (non-hydrogen) atoms. The van der Waals surface area contributed by atoms with Crippen molar-refractivity contribution in [1.29, 1.82) is 0 Å². The van der Waals surface area contributed by atoms with Gasteiger partial charge in [-0.05, 0) is 12.5 Å². The van der Waals surface area contributed by atoms with Crippen LogP contribution in [0, 0.1) is 5.92 Å². The summed E-state index contributed by atoms with van der Waals surface area (Å²) < 4.78 is 15.5. The first kappa shape index (κ1) is 12.7. The number of aliphatic hydroxyl groups excluding tert-OH is 1. The van der Waals surface area contributed by atoms with Gasteiger partial charge in [-0.2, -0.15) is 0 Å². The first-order valence-electron chi connectivity index (χ1n) is 5.74. The predicted octanol–water partition coefficient (Wildman–Crippen LogP) is 1.30. The van der Waals surface area contributed by atoms with E-state index in [1.54, 1.807) is 18.2 Å². The Bertz CT molecular complexity index is 443. The van der Waals surface area contributed by atoms with Crippen LogP contribution < -0.4 is 9.47 Å². The molecule has 0 amide bonds. The standard InChI is InChI=1S/C13H16O5/c1-16-10-5-3-4-8-11(14)9(13(15)17-2)6-7-18-12(8)10/h3-5,9,11,14H,6-7H2,1-2H3. The Morgan fingerprint density at radius 2 is 2.22 bits per heavy atom. The van der Waals surface area contributed by atoms with Gasteiger partial charge in [0.2, 0.25) is 0 Å². The van der Waals surface area contributed by atoms with Crippen LogP contribution in [0.1, 0.15) is 18.1 Å². The highest BCUT2D eigenvalue weighted by atomic mass is 16.5. The monoisotopic (exact) mass is 252 g/mol. The average Bonchev–Trinajstić information content (AvgIpc) is 2.57. The van der Waals surface area contributed by atoms with Crippen LogP contribution in [0.15, 0.2) is 18.2 Å². The van der Waals surface area contributed by atoms with Crippen LogP contribution >= 0.6 is 0 Å². The third-order valence-corrected chi connectivity index (χ3v) is 3.11. The van der Waals surface area contributed by atoms with Gasteiger partial charge >= 0.3 is 5.97 Å². The molecule has 0 radical (unpaired) electrons. The summed E-state index contributed by atoms with van der Waals surface area (Å²) in [5, 5.41) is 10.3. The molecule has 0 spiro atoms. The molecule has 5 heteroatoms. The second-order valence-corrected chi connectivity index (χ2v) is 4.09. The maximum absolute atomic E-state index is 11.6. The number of esters is 1. The molecule has 0 aliphatic carbocycles. The molecule has 1 N–H and O–H groups in total. The lowest BCUT2D eigenvalue weighted by atomic mass is 9.93. The van der Waals surface area contributed by atoms with Crippen LogP contribution in [0.4, 0.5) is 0 Å². The summed E-state index contributed by atoms with van der Waals surface area (Å²) in [7, 11) is 2.85. The van der Waals surface area contributed by atoms with Gasteiger partial charge in [0.1, 0.15) is 0 Å². The van der Waals surface area contributed by atoms with Crippen molar-refractivity contribution in [2.75, 3.05) is 20.8 Å². The first-order chi connectivity index (χ1) is 8.69. The zero-order valence-electron chi connectivity index (χ0n) is 10.4. The van der Waals surface area contributed by atoms with E-state index in [1.165, 1.54) is 14.2 Å². The minimum atomic E-state index is -0.940. The lowest BCUT2D eigenvalue weighted by Crippen LogP contribution is -2.23. The molecule has 0 saturated carbocycles. The van der Waals surface area contributed by atoms with E-state index in [9.17, 15) is 9.90 Å². The Balaban J connectivity index is 2.40. The Morgan fingerprint density at radius 1 is 1.44 bits per heavy atom. The third-order valence-electron chi connectivity index (χ3n) is 3.11. The lowest BCUT2D eigenvalue weighted by Gasteiger charge is -2.18. The van der Waals surface area contributed by atoms with Crippen molar-refractivity contribution in [2.45, 2.75) is 12.5 Å². The van der Waals surface area contributed by atoms with E-state index >= 15 is 0 Å². The van der Waals surface area contributed by atoms with Gasteiger partial charge in [0.15, 0.2) is 11.5 Å². The van der Waals surface area contributed by atoms with Gasteiger partial charge in [-0.3, -0.25) is 4.79 Å². The van der Waals surface area contributed by atoms with E-state index in [0.717, 1.165) is 0 Å². The SMILES string of the molecule is COC(=O)C1CCOc2c(OC)cccc2C1O. The Morgan fingerprint density at radius 3 is 2.89 bits per heavy atom. The number of rotatable bonds is 2. The summed E-state index contributed by atoms with van der Waals surface area (Å²) >= 11 is 0. The molecule has 0 bridgehead atoms.